The molecule has 1 aromatic heterocycles. The van der Waals surface area contributed by atoms with Crippen LogP contribution in [0.1, 0.15) is 31.0 Å². The summed E-state index contributed by atoms with van der Waals surface area (Å²) in [5.74, 6) is 1.28. The normalized spacial score (nSPS) is 11.2. The summed E-state index contributed by atoms with van der Waals surface area (Å²) in [5.41, 5.74) is 2.38. The summed E-state index contributed by atoms with van der Waals surface area (Å²) in [6.45, 7) is 9.53. The minimum Gasteiger partial charge on any atom is -0.353 e. The molecular formula is C14H26IN5. The fraction of sp³-hybridized carbons (Fsp3) is 0.571. The number of nitrogens with one attached hydrogen (secondary N) is 1. The molecule has 20 heavy (non-hydrogen) atoms. The van der Waals surface area contributed by atoms with Crippen LogP contribution in [-0.4, -0.2) is 41.3 Å². The van der Waals surface area contributed by atoms with Gasteiger partial charge in [-0.05, 0) is 5.92 Å². The lowest BCUT2D eigenvalue weighted by Crippen LogP contribution is -2.38. The Bertz CT molecular complexity index is 450. The van der Waals surface area contributed by atoms with E-state index in [9.17, 15) is 0 Å². The van der Waals surface area contributed by atoms with Gasteiger partial charge in [0.25, 0.3) is 0 Å². The Morgan fingerprint density at radius 3 is 2.75 bits per heavy atom. The van der Waals surface area contributed by atoms with Crippen LogP contribution >= 0.6 is 24.0 Å². The zero-order valence-corrected chi connectivity index (χ0v) is 15.4. The number of guanidine groups is 1. The lowest BCUT2D eigenvalue weighted by molar-refractivity contribution is 0.477. The van der Waals surface area contributed by atoms with Gasteiger partial charge in [0, 0.05) is 46.0 Å². The Morgan fingerprint density at radius 1 is 1.60 bits per heavy atom. The number of nitrogens with zero attached hydrogens (tertiary/aromatic N) is 4. The highest BCUT2D eigenvalue weighted by Crippen LogP contribution is 2.18. The third-order valence-corrected chi connectivity index (χ3v) is 2.87. The first-order chi connectivity index (χ1) is 8.99. The summed E-state index contributed by atoms with van der Waals surface area (Å²) in [4.78, 5) is 6.35. The standard InChI is InChI=1S/C14H25N5.HI/c1-7-8-16-14(15-4)18(5)9-12-10-19(6)17-13(12)11(2)3;/h7,10-11H,1,8-9H2,2-6H3,(H,15,16);1H. The molecule has 0 aliphatic heterocycles. The predicted octanol–water partition coefficient (Wildman–Crippen LogP) is 2.35. The minimum absolute atomic E-state index is 0. The molecule has 6 heteroatoms. The van der Waals surface area contributed by atoms with Gasteiger partial charge in [-0.15, -0.1) is 30.6 Å². The van der Waals surface area contributed by atoms with Crippen molar-refractivity contribution >= 4 is 29.9 Å². The topological polar surface area (TPSA) is 45.5 Å². The molecule has 0 aromatic carbocycles. The first-order valence-electron chi connectivity index (χ1n) is 6.54. The highest BCUT2D eigenvalue weighted by molar-refractivity contribution is 14.0. The van der Waals surface area contributed by atoms with Crippen molar-refractivity contribution in [3.05, 3.63) is 30.1 Å². The molecule has 0 aliphatic carbocycles. The predicted molar refractivity (Wildman–Crippen MR) is 95.7 cm³/mol. The fourth-order valence-corrected chi connectivity index (χ4v) is 2.04. The SMILES string of the molecule is C=CCNC(=NC)N(C)Cc1cn(C)nc1C(C)C.I. The molecule has 0 saturated carbocycles. The molecule has 0 amide bonds. The average Bonchev–Trinajstić information content (AvgIpc) is 2.71. The Kier molecular flexibility index (Phi) is 8.52. The molecular weight excluding hydrogens is 365 g/mol. The highest BCUT2D eigenvalue weighted by Gasteiger charge is 2.14. The number of aromatic nitrogens is 2. The molecule has 1 heterocycles. The molecule has 5 nitrogen and oxygen atoms in total. The van der Waals surface area contributed by atoms with Crippen LogP contribution < -0.4 is 5.32 Å². The van der Waals surface area contributed by atoms with Crippen molar-refractivity contribution in [3.8, 4) is 0 Å². The van der Waals surface area contributed by atoms with Crippen LogP contribution in [0.3, 0.4) is 0 Å². The number of rotatable bonds is 5. The summed E-state index contributed by atoms with van der Waals surface area (Å²) in [6.07, 6.45) is 3.90. The van der Waals surface area contributed by atoms with Crippen molar-refractivity contribution in [2.45, 2.75) is 26.3 Å². The zero-order valence-electron chi connectivity index (χ0n) is 13.1. The molecule has 114 valence electrons. The average molecular weight is 391 g/mol. The van der Waals surface area contributed by atoms with Crippen molar-refractivity contribution in [1.82, 2.24) is 20.0 Å². The molecule has 0 spiro atoms. The monoisotopic (exact) mass is 391 g/mol. The lowest BCUT2D eigenvalue weighted by Gasteiger charge is -2.21. The van der Waals surface area contributed by atoms with Gasteiger partial charge in [-0.25, -0.2) is 0 Å². The maximum absolute atomic E-state index is 4.52. The van der Waals surface area contributed by atoms with Gasteiger partial charge in [-0.1, -0.05) is 19.9 Å². The number of aliphatic imine (C=N–C) groups is 1. The third kappa shape index (κ3) is 5.15. The second-order valence-corrected chi connectivity index (χ2v) is 4.94. The van der Waals surface area contributed by atoms with Gasteiger partial charge >= 0.3 is 0 Å². The van der Waals surface area contributed by atoms with E-state index in [1.807, 2.05) is 24.9 Å². The molecule has 0 radical (unpaired) electrons. The molecule has 1 rings (SSSR count). The maximum atomic E-state index is 4.52. The van der Waals surface area contributed by atoms with Crippen molar-refractivity contribution in [3.63, 3.8) is 0 Å². The van der Waals surface area contributed by atoms with E-state index >= 15 is 0 Å². The van der Waals surface area contributed by atoms with Crippen LogP contribution in [0.5, 0.6) is 0 Å². The Hall–Kier alpha value is -1.05. The van der Waals surface area contributed by atoms with Gasteiger partial charge in [0.1, 0.15) is 0 Å². The van der Waals surface area contributed by atoms with E-state index in [0.29, 0.717) is 12.5 Å². The first-order valence-corrected chi connectivity index (χ1v) is 6.54. The summed E-state index contributed by atoms with van der Waals surface area (Å²) in [6, 6.07) is 0. The minimum atomic E-state index is 0. The van der Waals surface area contributed by atoms with Crippen LogP contribution in [0.4, 0.5) is 0 Å². The number of hydrogen-bond acceptors (Lipinski definition) is 2. The third-order valence-electron chi connectivity index (χ3n) is 2.87. The van der Waals surface area contributed by atoms with Gasteiger partial charge in [-0.2, -0.15) is 5.10 Å². The molecule has 0 saturated heterocycles. The van der Waals surface area contributed by atoms with E-state index < -0.39 is 0 Å². The first kappa shape index (κ1) is 18.9. The maximum Gasteiger partial charge on any atom is 0.193 e. The Labute approximate surface area is 139 Å². The van der Waals surface area contributed by atoms with Gasteiger partial charge in [-0.3, -0.25) is 9.67 Å². The van der Waals surface area contributed by atoms with Crippen molar-refractivity contribution in [2.24, 2.45) is 12.0 Å². The zero-order chi connectivity index (χ0) is 14.4. The van der Waals surface area contributed by atoms with Crippen LogP contribution in [0, 0.1) is 0 Å². The quantitative estimate of drug-likeness (QED) is 0.363. The second kappa shape index (κ2) is 8.99. The molecule has 1 aromatic rings. The lowest BCUT2D eigenvalue weighted by atomic mass is 10.1. The molecule has 0 atom stereocenters. The van der Waals surface area contributed by atoms with Crippen LogP contribution in [0.15, 0.2) is 23.8 Å². The molecule has 0 unspecified atom stereocenters. The van der Waals surface area contributed by atoms with E-state index in [1.54, 1.807) is 7.05 Å². The van der Waals surface area contributed by atoms with Crippen molar-refractivity contribution in [2.75, 3.05) is 20.6 Å². The van der Waals surface area contributed by atoms with Gasteiger partial charge in [0.05, 0.1) is 5.69 Å². The van der Waals surface area contributed by atoms with E-state index in [-0.39, 0.29) is 24.0 Å². The van der Waals surface area contributed by atoms with E-state index in [4.69, 9.17) is 0 Å². The summed E-state index contributed by atoms with van der Waals surface area (Å²) < 4.78 is 1.87. The van der Waals surface area contributed by atoms with Gasteiger partial charge in [0.15, 0.2) is 5.96 Å². The summed E-state index contributed by atoms with van der Waals surface area (Å²) in [5, 5.41) is 7.75. The number of halogens is 1. The van der Waals surface area contributed by atoms with Crippen molar-refractivity contribution < 1.29 is 0 Å². The van der Waals surface area contributed by atoms with Crippen molar-refractivity contribution in [1.29, 1.82) is 0 Å². The smallest absolute Gasteiger partial charge is 0.193 e. The van der Waals surface area contributed by atoms with Gasteiger partial charge in [0.2, 0.25) is 0 Å². The van der Waals surface area contributed by atoms with Crippen LogP contribution in [0.2, 0.25) is 0 Å². The number of hydrogen-bond donors (Lipinski definition) is 1. The summed E-state index contributed by atoms with van der Waals surface area (Å²) in [7, 11) is 5.77. The summed E-state index contributed by atoms with van der Waals surface area (Å²) >= 11 is 0. The second-order valence-electron chi connectivity index (χ2n) is 4.94. The van der Waals surface area contributed by atoms with E-state index in [2.05, 4.69) is 46.9 Å². The molecule has 1 N–H and O–H groups in total. The van der Waals surface area contributed by atoms with Crippen LogP contribution in [0.25, 0.3) is 0 Å². The largest absolute Gasteiger partial charge is 0.353 e. The van der Waals surface area contributed by atoms with E-state index in [1.165, 1.54) is 5.56 Å². The van der Waals surface area contributed by atoms with Gasteiger partial charge < -0.3 is 10.2 Å². The number of aryl methyl sites for hydroxylation is 1. The molecule has 0 bridgehead atoms. The van der Waals surface area contributed by atoms with E-state index in [0.717, 1.165) is 18.2 Å². The molecule has 0 fully saturated rings. The van der Waals surface area contributed by atoms with Crippen LogP contribution in [-0.2, 0) is 13.6 Å². The fourth-order valence-electron chi connectivity index (χ4n) is 2.04. The molecule has 0 aliphatic rings. The highest BCUT2D eigenvalue weighted by atomic mass is 127. The Balaban J connectivity index is 0.00000361. The Morgan fingerprint density at radius 2 is 2.25 bits per heavy atom.